The van der Waals surface area contributed by atoms with Gasteiger partial charge >= 0.3 is 0 Å². The highest BCUT2D eigenvalue weighted by Crippen LogP contribution is 2.56. The normalized spacial score (nSPS) is 25.7. The van der Waals surface area contributed by atoms with E-state index in [1.54, 1.807) is 11.8 Å². The molecule has 4 rings (SSSR count). The Labute approximate surface area is 136 Å². The van der Waals surface area contributed by atoms with Crippen LogP contribution in [0, 0.1) is 12.8 Å². The minimum absolute atomic E-state index is 0.235. The summed E-state index contributed by atoms with van der Waals surface area (Å²) in [6, 6.07) is 2.59. The van der Waals surface area contributed by atoms with Crippen molar-refractivity contribution >= 4 is 5.91 Å². The van der Waals surface area contributed by atoms with E-state index in [2.05, 4.69) is 15.2 Å². The minimum atomic E-state index is -2.65. The molecule has 126 valence electrons. The zero-order chi connectivity index (χ0) is 16.9. The molecule has 1 amide bonds. The third-order valence-corrected chi connectivity index (χ3v) is 5.13. The van der Waals surface area contributed by atoms with Crippen molar-refractivity contribution in [2.45, 2.75) is 38.2 Å². The lowest BCUT2D eigenvalue weighted by atomic mass is 9.67. The molecule has 24 heavy (non-hydrogen) atoms. The van der Waals surface area contributed by atoms with E-state index in [0.717, 1.165) is 19.3 Å². The van der Waals surface area contributed by atoms with Gasteiger partial charge in [-0.2, -0.15) is 0 Å². The monoisotopic (exact) mass is 334 g/mol. The van der Waals surface area contributed by atoms with Crippen molar-refractivity contribution in [2.75, 3.05) is 6.54 Å². The van der Waals surface area contributed by atoms with Crippen molar-refractivity contribution in [2.24, 2.45) is 5.92 Å². The summed E-state index contributed by atoms with van der Waals surface area (Å²) < 4.78 is 30.9. The molecule has 3 heterocycles. The largest absolute Gasteiger partial charge is 0.423 e. The molecule has 0 spiro atoms. The molecule has 8 heteroatoms. The maximum absolute atomic E-state index is 12.9. The molecule has 2 fully saturated rings. The fraction of sp³-hybridized carbons (Fsp3) is 0.500. The van der Waals surface area contributed by atoms with Crippen LogP contribution in [0.5, 0.6) is 0 Å². The second kappa shape index (κ2) is 5.32. The van der Waals surface area contributed by atoms with E-state index < -0.39 is 12.0 Å². The zero-order valence-corrected chi connectivity index (χ0v) is 13.1. The van der Waals surface area contributed by atoms with Gasteiger partial charge in [-0.05, 0) is 37.3 Å². The number of hydrogen-bond donors (Lipinski definition) is 0. The van der Waals surface area contributed by atoms with Crippen molar-refractivity contribution in [3.63, 3.8) is 0 Å². The van der Waals surface area contributed by atoms with Gasteiger partial charge in [-0.1, -0.05) is 0 Å². The molecule has 2 aliphatic rings. The number of fused-ring (bicyclic) bond motifs is 1. The Bertz CT molecular complexity index is 777. The SMILES string of the molecule is Cc1nnc([C@]23CC[C@H]2CCN3C(=O)c2ccc(C(F)F)nc2)o1. The number of halogens is 2. The van der Waals surface area contributed by atoms with E-state index in [0.29, 0.717) is 29.8 Å². The van der Waals surface area contributed by atoms with Gasteiger partial charge in [0.1, 0.15) is 11.2 Å². The number of rotatable bonds is 3. The highest BCUT2D eigenvalue weighted by molar-refractivity contribution is 5.94. The highest BCUT2D eigenvalue weighted by Gasteiger charge is 2.61. The van der Waals surface area contributed by atoms with Gasteiger partial charge < -0.3 is 9.32 Å². The van der Waals surface area contributed by atoms with Gasteiger partial charge in [0.25, 0.3) is 12.3 Å². The van der Waals surface area contributed by atoms with Crippen molar-refractivity contribution in [3.05, 3.63) is 41.4 Å². The number of aromatic nitrogens is 3. The number of likely N-dealkylation sites (tertiary alicyclic amines) is 1. The van der Waals surface area contributed by atoms with Gasteiger partial charge in [0, 0.05) is 19.7 Å². The van der Waals surface area contributed by atoms with Crippen LogP contribution in [0.4, 0.5) is 8.78 Å². The van der Waals surface area contributed by atoms with Crippen LogP contribution in [0.2, 0.25) is 0 Å². The number of carbonyl (C=O) groups excluding carboxylic acids is 1. The lowest BCUT2D eigenvalue weighted by Crippen LogP contribution is -2.54. The highest BCUT2D eigenvalue weighted by atomic mass is 19.3. The summed E-state index contributed by atoms with van der Waals surface area (Å²) in [5.74, 6) is 1.00. The molecule has 0 bridgehead atoms. The van der Waals surface area contributed by atoms with Gasteiger partial charge in [-0.25, -0.2) is 8.78 Å². The number of amides is 1. The number of nitrogens with zero attached hydrogens (tertiary/aromatic N) is 4. The maximum atomic E-state index is 12.9. The summed E-state index contributed by atoms with van der Waals surface area (Å²) in [4.78, 5) is 18.3. The van der Waals surface area contributed by atoms with Crippen LogP contribution in [-0.2, 0) is 5.54 Å². The summed E-state index contributed by atoms with van der Waals surface area (Å²) in [7, 11) is 0. The fourth-order valence-electron chi connectivity index (χ4n) is 3.81. The van der Waals surface area contributed by atoms with Crippen LogP contribution < -0.4 is 0 Å². The topological polar surface area (TPSA) is 72.1 Å². The smallest absolute Gasteiger partial charge is 0.280 e. The summed E-state index contributed by atoms with van der Waals surface area (Å²) >= 11 is 0. The van der Waals surface area contributed by atoms with Crippen molar-refractivity contribution in [1.82, 2.24) is 20.1 Å². The Kier molecular flexibility index (Phi) is 3.36. The Morgan fingerprint density at radius 3 is 2.75 bits per heavy atom. The maximum Gasteiger partial charge on any atom is 0.280 e. The third-order valence-electron chi connectivity index (χ3n) is 5.13. The summed E-state index contributed by atoms with van der Waals surface area (Å²) in [6.45, 7) is 2.30. The van der Waals surface area contributed by atoms with Crippen LogP contribution in [0.1, 0.15) is 53.5 Å². The predicted molar refractivity (Wildman–Crippen MR) is 78.3 cm³/mol. The molecular weight excluding hydrogens is 318 g/mol. The lowest BCUT2D eigenvalue weighted by Gasteiger charge is -2.47. The van der Waals surface area contributed by atoms with Crippen LogP contribution >= 0.6 is 0 Å². The predicted octanol–water partition coefficient (Wildman–Crippen LogP) is 2.86. The fourth-order valence-corrected chi connectivity index (χ4v) is 3.81. The first-order chi connectivity index (χ1) is 11.5. The average molecular weight is 334 g/mol. The van der Waals surface area contributed by atoms with Crippen LogP contribution in [-0.4, -0.2) is 32.5 Å². The zero-order valence-electron chi connectivity index (χ0n) is 13.1. The van der Waals surface area contributed by atoms with Crippen molar-refractivity contribution in [3.8, 4) is 0 Å². The number of alkyl halides is 2. The first kappa shape index (κ1) is 15.2. The molecule has 1 saturated heterocycles. The molecule has 2 atom stereocenters. The molecular formula is C16H16F2N4O2. The van der Waals surface area contributed by atoms with E-state index in [4.69, 9.17) is 4.42 Å². The van der Waals surface area contributed by atoms with Gasteiger partial charge in [0.2, 0.25) is 11.8 Å². The second-order valence-corrected chi connectivity index (χ2v) is 6.30. The first-order valence-electron chi connectivity index (χ1n) is 7.89. The summed E-state index contributed by atoms with van der Waals surface area (Å²) in [5.41, 5.74) is -0.598. The second-order valence-electron chi connectivity index (χ2n) is 6.30. The molecule has 6 nitrogen and oxygen atoms in total. The summed E-state index contributed by atoms with van der Waals surface area (Å²) in [5, 5.41) is 8.03. The van der Waals surface area contributed by atoms with E-state index in [9.17, 15) is 13.6 Å². The molecule has 0 unspecified atom stereocenters. The number of pyridine rings is 1. The molecule has 0 N–H and O–H groups in total. The Morgan fingerprint density at radius 2 is 2.21 bits per heavy atom. The van der Waals surface area contributed by atoms with Crippen LogP contribution in [0.3, 0.4) is 0 Å². The molecule has 2 aromatic heterocycles. The van der Waals surface area contributed by atoms with E-state index in [1.807, 2.05) is 0 Å². The van der Waals surface area contributed by atoms with Crippen molar-refractivity contribution < 1.29 is 18.0 Å². The van der Waals surface area contributed by atoms with Crippen molar-refractivity contribution in [1.29, 1.82) is 0 Å². The lowest BCUT2D eigenvalue weighted by molar-refractivity contribution is -0.00347. The van der Waals surface area contributed by atoms with Gasteiger partial charge in [-0.15, -0.1) is 10.2 Å². The van der Waals surface area contributed by atoms with E-state index >= 15 is 0 Å². The molecule has 0 aromatic carbocycles. The van der Waals surface area contributed by atoms with E-state index in [1.165, 1.54) is 18.3 Å². The minimum Gasteiger partial charge on any atom is -0.423 e. The Hall–Kier alpha value is -2.38. The van der Waals surface area contributed by atoms with Gasteiger partial charge in [0.15, 0.2) is 0 Å². The quantitative estimate of drug-likeness (QED) is 0.863. The average Bonchev–Trinajstić information content (AvgIpc) is 3.08. The Morgan fingerprint density at radius 1 is 1.38 bits per heavy atom. The molecule has 1 saturated carbocycles. The van der Waals surface area contributed by atoms with Gasteiger partial charge in [0.05, 0.1) is 5.56 Å². The van der Waals surface area contributed by atoms with Crippen LogP contribution in [0.15, 0.2) is 22.7 Å². The van der Waals surface area contributed by atoms with Gasteiger partial charge in [-0.3, -0.25) is 9.78 Å². The molecule has 2 aromatic rings. The Balaban J connectivity index is 1.66. The first-order valence-corrected chi connectivity index (χ1v) is 7.89. The standard InChI is InChI=1S/C16H16F2N4O2/c1-9-20-21-15(24-9)16-6-4-11(16)5-7-22(16)14(23)10-2-3-12(13(17)18)19-8-10/h2-3,8,11,13H,4-7H2,1H3/t11-,16-/m0/s1. The number of aryl methyl sites for hydroxylation is 1. The molecule has 0 radical (unpaired) electrons. The summed E-state index contributed by atoms with van der Waals surface area (Å²) in [6.07, 6.45) is 1.21. The van der Waals surface area contributed by atoms with E-state index in [-0.39, 0.29) is 11.6 Å². The van der Waals surface area contributed by atoms with Crippen LogP contribution in [0.25, 0.3) is 0 Å². The molecule has 1 aliphatic carbocycles. The third kappa shape index (κ3) is 2.05. The molecule has 1 aliphatic heterocycles. The number of carbonyl (C=O) groups is 1. The number of hydrogen-bond acceptors (Lipinski definition) is 5.